The number of hydrogen-bond donors (Lipinski definition) is 1. The lowest BCUT2D eigenvalue weighted by Crippen LogP contribution is -2.39. The number of ether oxygens (including phenoxy) is 1. The predicted molar refractivity (Wildman–Crippen MR) is 120 cm³/mol. The fourth-order valence-electron chi connectivity index (χ4n) is 4.35. The van der Waals surface area contributed by atoms with Crippen molar-refractivity contribution in [3.05, 3.63) is 63.9 Å². The average Bonchev–Trinajstić information content (AvgIpc) is 3.31. The Hall–Kier alpha value is -2.44. The summed E-state index contributed by atoms with van der Waals surface area (Å²) in [4.78, 5) is 32.3. The highest BCUT2D eigenvalue weighted by Gasteiger charge is 2.29. The van der Waals surface area contributed by atoms with Crippen LogP contribution in [0.3, 0.4) is 0 Å². The zero-order chi connectivity index (χ0) is 21.8. The van der Waals surface area contributed by atoms with Crippen molar-refractivity contribution in [3.63, 3.8) is 0 Å². The van der Waals surface area contributed by atoms with Gasteiger partial charge in [0.15, 0.2) is 0 Å². The van der Waals surface area contributed by atoms with Gasteiger partial charge in [0.25, 0.3) is 11.8 Å². The average molecular weight is 442 g/mol. The van der Waals surface area contributed by atoms with Gasteiger partial charge in [-0.25, -0.2) is 0 Å². The number of piperidine rings is 1. The third kappa shape index (κ3) is 5.08. The fourth-order valence-corrected chi connectivity index (χ4v) is 4.56. The van der Waals surface area contributed by atoms with Gasteiger partial charge >= 0.3 is 0 Å². The molecule has 1 aromatic carbocycles. The Morgan fingerprint density at radius 1 is 1.13 bits per heavy atom. The van der Waals surface area contributed by atoms with Crippen molar-refractivity contribution in [1.29, 1.82) is 0 Å². The summed E-state index contributed by atoms with van der Waals surface area (Å²) in [7, 11) is 0. The Morgan fingerprint density at radius 3 is 2.61 bits per heavy atom. The SMILES string of the molecule is Cc1ccc(C(=O)NCC2CCCO2)c(C2CCN(C(=O)c3ccccc3Cl)CC2)n1. The molecule has 2 aromatic rings. The van der Waals surface area contributed by atoms with Crippen molar-refractivity contribution in [2.45, 2.75) is 44.6 Å². The third-order valence-corrected chi connectivity index (χ3v) is 6.43. The number of aryl methyl sites for hydroxylation is 1. The monoisotopic (exact) mass is 441 g/mol. The third-order valence-electron chi connectivity index (χ3n) is 6.10. The molecule has 3 heterocycles. The number of aromatic nitrogens is 1. The Kier molecular flexibility index (Phi) is 6.88. The molecule has 1 N–H and O–H groups in total. The van der Waals surface area contributed by atoms with Gasteiger partial charge in [0, 0.05) is 37.9 Å². The van der Waals surface area contributed by atoms with Crippen LogP contribution in [0.2, 0.25) is 5.02 Å². The molecule has 2 saturated heterocycles. The number of carbonyl (C=O) groups excluding carboxylic acids is 2. The van der Waals surface area contributed by atoms with Crippen molar-refractivity contribution in [2.75, 3.05) is 26.2 Å². The molecule has 0 spiro atoms. The van der Waals surface area contributed by atoms with Crippen molar-refractivity contribution in [1.82, 2.24) is 15.2 Å². The Labute approximate surface area is 187 Å². The van der Waals surface area contributed by atoms with Crippen LogP contribution >= 0.6 is 11.6 Å². The van der Waals surface area contributed by atoms with E-state index in [4.69, 9.17) is 21.3 Å². The topological polar surface area (TPSA) is 71.5 Å². The van der Waals surface area contributed by atoms with E-state index >= 15 is 0 Å². The summed E-state index contributed by atoms with van der Waals surface area (Å²) in [5.74, 6) is -0.0120. The van der Waals surface area contributed by atoms with E-state index in [0.29, 0.717) is 35.8 Å². The standard InChI is InChI=1S/C24H28ClN3O3/c1-16-8-9-20(23(29)26-15-18-5-4-14-31-18)22(27-16)17-10-12-28(13-11-17)24(30)19-6-2-3-7-21(19)25/h2-3,6-9,17-18H,4-5,10-15H2,1H3,(H,26,29). The van der Waals surface area contributed by atoms with Crippen LogP contribution in [0.25, 0.3) is 0 Å². The molecule has 0 saturated carbocycles. The zero-order valence-corrected chi connectivity index (χ0v) is 18.5. The number of halogens is 1. The molecule has 164 valence electrons. The largest absolute Gasteiger partial charge is 0.376 e. The first-order chi connectivity index (χ1) is 15.0. The second kappa shape index (κ2) is 9.79. The summed E-state index contributed by atoms with van der Waals surface area (Å²) in [5.41, 5.74) is 2.87. The summed E-state index contributed by atoms with van der Waals surface area (Å²) < 4.78 is 5.61. The molecule has 7 heteroatoms. The first-order valence-corrected chi connectivity index (χ1v) is 11.3. The van der Waals surface area contributed by atoms with E-state index in [2.05, 4.69) is 5.32 Å². The molecule has 2 fully saturated rings. The van der Waals surface area contributed by atoms with E-state index in [1.165, 1.54) is 0 Å². The molecule has 6 nitrogen and oxygen atoms in total. The number of hydrogen-bond acceptors (Lipinski definition) is 4. The van der Waals surface area contributed by atoms with Crippen LogP contribution in [0.5, 0.6) is 0 Å². The number of carbonyl (C=O) groups is 2. The maximum Gasteiger partial charge on any atom is 0.255 e. The molecule has 1 unspecified atom stereocenters. The van der Waals surface area contributed by atoms with Gasteiger partial charge in [0.1, 0.15) is 0 Å². The van der Waals surface area contributed by atoms with Crippen LogP contribution in [0, 0.1) is 6.92 Å². The first-order valence-electron chi connectivity index (χ1n) is 10.9. The van der Waals surface area contributed by atoms with Gasteiger partial charge in [-0.3, -0.25) is 14.6 Å². The van der Waals surface area contributed by atoms with Gasteiger partial charge < -0.3 is 15.0 Å². The molecular formula is C24H28ClN3O3. The Morgan fingerprint density at radius 2 is 1.90 bits per heavy atom. The highest BCUT2D eigenvalue weighted by atomic mass is 35.5. The maximum atomic E-state index is 12.9. The number of rotatable bonds is 5. The summed E-state index contributed by atoms with van der Waals surface area (Å²) in [6.07, 6.45) is 3.66. The minimum atomic E-state index is -0.104. The lowest BCUT2D eigenvalue weighted by molar-refractivity contribution is 0.0710. The van der Waals surface area contributed by atoms with Crippen LogP contribution in [0.1, 0.15) is 63.7 Å². The Bertz CT molecular complexity index is 951. The van der Waals surface area contributed by atoms with Gasteiger partial charge in [-0.2, -0.15) is 0 Å². The van der Waals surface area contributed by atoms with Crippen LogP contribution < -0.4 is 5.32 Å². The molecular weight excluding hydrogens is 414 g/mol. The normalized spacial score (nSPS) is 19.4. The summed E-state index contributed by atoms with van der Waals surface area (Å²) in [5, 5.41) is 3.48. The van der Waals surface area contributed by atoms with Gasteiger partial charge in [-0.1, -0.05) is 23.7 Å². The first kappa shape index (κ1) is 21.8. The van der Waals surface area contributed by atoms with E-state index in [1.807, 2.05) is 36.1 Å². The van der Waals surface area contributed by atoms with Crippen LogP contribution in [0.4, 0.5) is 0 Å². The van der Waals surface area contributed by atoms with Crippen molar-refractivity contribution in [3.8, 4) is 0 Å². The minimum Gasteiger partial charge on any atom is -0.376 e. The molecule has 1 aromatic heterocycles. The smallest absolute Gasteiger partial charge is 0.255 e. The molecule has 0 aliphatic carbocycles. The lowest BCUT2D eigenvalue weighted by atomic mass is 9.89. The van der Waals surface area contributed by atoms with Crippen molar-refractivity contribution in [2.24, 2.45) is 0 Å². The predicted octanol–water partition coefficient (Wildman–Crippen LogP) is 3.97. The van der Waals surface area contributed by atoms with E-state index < -0.39 is 0 Å². The van der Waals surface area contributed by atoms with Crippen LogP contribution in [0.15, 0.2) is 36.4 Å². The quantitative estimate of drug-likeness (QED) is 0.762. The second-order valence-electron chi connectivity index (χ2n) is 8.28. The molecule has 0 radical (unpaired) electrons. The molecule has 0 bridgehead atoms. The maximum absolute atomic E-state index is 12.9. The highest BCUT2D eigenvalue weighted by molar-refractivity contribution is 6.33. The number of nitrogens with zero attached hydrogens (tertiary/aromatic N) is 2. The molecule has 4 rings (SSSR count). The minimum absolute atomic E-state index is 0.0456. The van der Waals surface area contributed by atoms with Gasteiger partial charge in [-0.15, -0.1) is 0 Å². The van der Waals surface area contributed by atoms with Crippen LogP contribution in [-0.4, -0.2) is 54.0 Å². The zero-order valence-electron chi connectivity index (χ0n) is 17.8. The van der Waals surface area contributed by atoms with Crippen molar-refractivity contribution >= 4 is 23.4 Å². The van der Waals surface area contributed by atoms with E-state index in [0.717, 1.165) is 43.7 Å². The van der Waals surface area contributed by atoms with Gasteiger partial charge in [-0.05, 0) is 56.9 Å². The van der Waals surface area contributed by atoms with E-state index in [1.54, 1.807) is 12.1 Å². The van der Waals surface area contributed by atoms with Gasteiger partial charge in [0.05, 0.1) is 27.9 Å². The van der Waals surface area contributed by atoms with Crippen molar-refractivity contribution < 1.29 is 14.3 Å². The molecule has 2 aliphatic rings. The fraction of sp³-hybridized carbons (Fsp3) is 0.458. The second-order valence-corrected chi connectivity index (χ2v) is 8.68. The number of benzene rings is 1. The molecule has 1 atom stereocenters. The molecule has 2 amide bonds. The Balaban J connectivity index is 1.43. The van der Waals surface area contributed by atoms with Gasteiger partial charge in [0.2, 0.25) is 0 Å². The summed E-state index contributed by atoms with van der Waals surface area (Å²) in [6.45, 7) is 4.45. The number of likely N-dealkylation sites (tertiary alicyclic amines) is 1. The molecule has 2 aliphatic heterocycles. The lowest BCUT2D eigenvalue weighted by Gasteiger charge is -2.32. The number of amides is 2. The molecule has 31 heavy (non-hydrogen) atoms. The van der Waals surface area contributed by atoms with Crippen LogP contribution in [-0.2, 0) is 4.74 Å². The van der Waals surface area contributed by atoms with E-state index in [9.17, 15) is 9.59 Å². The summed E-state index contributed by atoms with van der Waals surface area (Å²) >= 11 is 6.20. The number of pyridine rings is 1. The summed E-state index contributed by atoms with van der Waals surface area (Å²) in [6, 6.07) is 10.9. The number of nitrogens with one attached hydrogen (secondary N) is 1. The highest BCUT2D eigenvalue weighted by Crippen LogP contribution is 2.31. The van der Waals surface area contributed by atoms with E-state index in [-0.39, 0.29) is 23.8 Å².